The molecule has 0 aromatic heterocycles. The van der Waals surface area contributed by atoms with Crippen LogP contribution >= 0.6 is 12.2 Å². The summed E-state index contributed by atoms with van der Waals surface area (Å²) < 4.78 is 0. The molecule has 0 saturated heterocycles. The zero-order chi connectivity index (χ0) is 8.85. The largest absolute Gasteiger partial charge is 0.322 e. The first-order chi connectivity index (χ1) is 5.07. The van der Waals surface area contributed by atoms with Crippen LogP contribution in [-0.2, 0) is 4.79 Å². The fraction of sp³-hybridized carbons (Fsp3) is 0.714. The maximum absolute atomic E-state index is 10.5. The van der Waals surface area contributed by atoms with Crippen LogP contribution in [0.5, 0.6) is 0 Å². The first-order valence-corrected chi connectivity index (χ1v) is 4.05. The van der Waals surface area contributed by atoms with Crippen LogP contribution in [0.1, 0.15) is 26.7 Å². The lowest BCUT2D eigenvalue weighted by molar-refractivity contribution is -0.117. The summed E-state index contributed by atoms with van der Waals surface area (Å²) in [5.74, 6) is -0.151. The van der Waals surface area contributed by atoms with Gasteiger partial charge in [-0.2, -0.15) is 0 Å². The molecular weight excluding hydrogens is 160 g/mol. The molecule has 11 heavy (non-hydrogen) atoms. The Morgan fingerprint density at radius 3 is 2.64 bits per heavy atom. The Morgan fingerprint density at radius 2 is 2.27 bits per heavy atom. The van der Waals surface area contributed by atoms with Crippen LogP contribution in [0.3, 0.4) is 0 Å². The van der Waals surface area contributed by atoms with Crippen molar-refractivity contribution >= 4 is 23.1 Å². The Morgan fingerprint density at radius 1 is 1.73 bits per heavy atom. The average Bonchev–Trinajstić information content (AvgIpc) is 1.86. The maximum atomic E-state index is 10.5. The number of nitrogens with two attached hydrogens (primary N) is 1. The highest BCUT2D eigenvalue weighted by molar-refractivity contribution is 7.80. The smallest absolute Gasteiger partial charge is 0.221 e. The molecular formula is C7H14N2OS. The normalized spacial score (nSPS) is 12.3. The second kappa shape index (κ2) is 5.21. The van der Waals surface area contributed by atoms with E-state index in [1.807, 2.05) is 6.92 Å². The van der Waals surface area contributed by atoms with Gasteiger partial charge in [-0.3, -0.25) is 4.79 Å². The first-order valence-electron chi connectivity index (χ1n) is 3.65. The standard InChI is InChI=1S/C7H14N2OS/c1-3-4-6(8)7(11)9-5(2)10/h6H,3-4,8H2,1-2H3,(H,9,10,11). The lowest BCUT2D eigenvalue weighted by atomic mass is 10.2. The molecule has 0 aliphatic rings. The Kier molecular flexibility index (Phi) is 4.98. The number of hydrogen-bond acceptors (Lipinski definition) is 3. The van der Waals surface area contributed by atoms with Crippen molar-refractivity contribution in [2.45, 2.75) is 32.7 Å². The number of carbonyl (C=O) groups is 1. The predicted octanol–water partition coefficient (Wildman–Crippen LogP) is 0.577. The van der Waals surface area contributed by atoms with Crippen LogP contribution < -0.4 is 11.1 Å². The van der Waals surface area contributed by atoms with E-state index >= 15 is 0 Å². The van der Waals surface area contributed by atoms with Gasteiger partial charge in [-0.25, -0.2) is 0 Å². The van der Waals surface area contributed by atoms with Gasteiger partial charge in [0.25, 0.3) is 0 Å². The van der Waals surface area contributed by atoms with E-state index in [-0.39, 0.29) is 11.9 Å². The molecule has 0 rings (SSSR count). The van der Waals surface area contributed by atoms with E-state index in [4.69, 9.17) is 18.0 Å². The molecule has 1 atom stereocenters. The number of amides is 1. The van der Waals surface area contributed by atoms with Crippen LogP contribution in [0.15, 0.2) is 0 Å². The zero-order valence-electron chi connectivity index (χ0n) is 6.89. The second-order valence-corrected chi connectivity index (χ2v) is 2.88. The number of hydrogen-bond donors (Lipinski definition) is 2. The Bertz CT molecular complexity index is 159. The number of carbonyl (C=O) groups excluding carboxylic acids is 1. The third kappa shape index (κ3) is 4.86. The van der Waals surface area contributed by atoms with E-state index in [0.29, 0.717) is 4.99 Å². The molecule has 64 valence electrons. The molecule has 3 N–H and O–H groups in total. The Balaban J connectivity index is 3.73. The van der Waals surface area contributed by atoms with E-state index in [9.17, 15) is 4.79 Å². The van der Waals surface area contributed by atoms with Crippen molar-refractivity contribution in [3.63, 3.8) is 0 Å². The van der Waals surface area contributed by atoms with E-state index in [1.54, 1.807) is 0 Å². The molecule has 1 unspecified atom stereocenters. The molecule has 0 heterocycles. The molecule has 1 amide bonds. The summed E-state index contributed by atoms with van der Waals surface area (Å²) in [5, 5.41) is 2.49. The molecule has 0 saturated carbocycles. The summed E-state index contributed by atoms with van der Waals surface area (Å²) in [4.78, 5) is 11.0. The summed E-state index contributed by atoms with van der Waals surface area (Å²) in [6.45, 7) is 3.45. The van der Waals surface area contributed by atoms with Gasteiger partial charge in [0.05, 0.1) is 11.0 Å². The topological polar surface area (TPSA) is 55.1 Å². The lowest BCUT2D eigenvalue weighted by Crippen LogP contribution is -2.41. The average molecular weight is 174 g/mol. The van der Waals surface area contributed by atoms with E-state index in [0.717, 1.165) is 12.8 Å². The van der Waals surface area contributed by atoms with E-state index in [2.05, 4.69) is 5.32 Å². The minimum atomic E-state index is -0.182. The van der Waals surface area contributed by atoms with Crippen molar-refractivity contribution in [3.05, 3.63) is 0 Å². The quantitative estimate of drug-likeness (QED) is 0.615. The number of thiocarbonyl (C=S) groups is 1. The van der Waals surface area contributed by atoms with Crippen molar-refractivity contribution in [2.24, 2.45) is 5.73 Å². The van der Waals surface area contributed by atoms with Crippen LogP contribution in [0.2, 0.25) is 0 Å². The number of rotatable bonds is 3. The van der Waals surface area contributed by atoms with Gasteiger partial charge in [0.1, 0.15) is 0 Å². The zero-order valence-corrected chi connectivity index (χ0v) is 7.70. The fourth-order valence-electron chi connectivity index (χ4n) is 0.708. The molecule has 0 radical (unpaired) electrons. The highest BCUT2D eigenvalue weighted by Gasteiger charge is 2.07. The van der Waals surface area contributed by atoms with Crippen LogP contribution in [0.4, 0.5) is 0 Å². The molecule has 0 aromatic rings. The Labute approximate surface area is 72.3 Å². The first kappa shape index (κ1) is 10.5. The van der Waals surface area contributed by atoms with Gasteiger partial charge in [0.2, 0.25) is 5.91 Å². The second-order valence-electron chi connectivity index (χ2n) is 2.44. The van der Waals surface area contributed by atoms with Gasteiger partial charge in [-0.05, 0) is 6.42 Å². The summed E-state index contributed by atoms with van der Waals surface area (Å²) in [6, 6.07) is -0.182. The summed E-state index contributed by atoms with van der Waals surface area (Å²) in [6.07, 6.45) is 1.79. The van der Waals surface area contributed by atoms with Crippen molar-refractivity contribution in [1.29, 1.82) is 0 Å². The van der Waals surface area contributed by atoms with E-state index < -0.39 is 0 Å². The highest BCUT2D eigenvalue weighted by atomic mass is 32.1. The van der Waals surface area contributed by atoms with Crippen molar-refractivity contribution in [1.82, 2.24) is 5.32 Å². The van der Waals surface area contributed by atoms with Crippen molar-refractivity contribution < 1.29 is 4.79 Å². The van der Waals surface area contributed by atoms with Crippen molar-refractivity contribution in [2.75, 3.05) is 0 Å². The van der Waals surface area contributed by atoms with Crippen molar-refractivity contribution in [3.8, 4) is 0 Å². The third-order valence-corrected chi connectivity index (χ3v) is 1.64. The minimum Gasteiger partial charge on any atom is -0.322 e. The highest BCUT2D eigenvalue weighted by Crippen LogP contribution is 1.94. The monoisotopic (exact) mass is 174 g/mol. The van der Waals surface area contributed by atoms with E-state index in [1.165, 1.54) is 6.92 Å². The number of nitrogens with one attached hydrogen (secondary N) is 1. The van der Waals surface area contributed by atoms with Gasteiger partial charge >= 0.3 is 0 Å². The van der Waals surface area contributed by atoms with Crippen LogP contribution in [0.25, 0.3) is 0 Å². The van der Waals surface area contributed by atoms with Gasteiger partial charge in [-0.15, -0.1) is 0 Å². The molecule has 0 fully saturated rings. The van der Waals surface area contributed by atoms with Gasteiger partial charge < -0.3 is 11.1 Å². The SMILES string of the molecule is CCCC(N)C(=S)NC(C)=O. The molecule has 0 aliphatic carbocycles. The fourth-order valence-corrected chi connectivity index (χ4v) is 0.970. The maximum Gasteiger partial charge on any atom is 0.221 e. The predicted molar refractivity (Wildman–Crippen MR) is 49.3 cm³/mol. The molecule has 4 heteroatoms. The Hall–Kier alpha value is -0.480. The molecule has 0 aliphatic heterocycles. The molecule has 0 spiro atoms. The van der Waals surface area contributed by atoms with Crippen LogP contribution in [-0.4, -0.2) is 16.9 Å². The third-order valence-electron chi connectivity index (χ3n) is 1.24. The molecule has 0 aromatic carbocycles. The summed E-state index contributed by atoms with van der Waals surface area (Å²) in [5.41, 5.74) is 5.62. The van der Waals surface area contributed by atoms with Gasteiger partial charge in [-0.1, -0.05) is 25.6 Å². The van der Waals surface area contributed by atoms with Gasteiger partial charge in [0.15, 0.2) is 0 Å². The molecule has 3 nitrogen and oxygen atoms in total. The molecule has 0 bridgehead atoms. The van der Waals surface area contributed by atoms with Crippen LogP contribution in [0, 0.1) is 0 Å². The van der Waals surface area contributed by atoms with Gasteiger partial charge in [0, 0.05) is 6.92 Å². The summed E-state index contributed by atoms with van der Waals surface area (Å²) in [7, 11) is 0. The lowest BCUT2D eigenvalue weighted by Gasteiger charge is -2.11. The summed E-state index contributed by atoms with van der Waals surface area (Å²) >= 11 is 4.86. The minimum absolute atomic E-state index is 0.151.